The Hall–Kier alpha value is -3.81. The number of furan rings is 1. The third-order valence-electron chi connectivity index (χ3n) is 6.63. The zero-order valence-corrected chi connectivity index (χ0v) is 19.7. The summed E-state index contributed by atoms with van der Waals surface area (Å²) < 4.78 is 11.1. The molecule has 0 fully saturated rings. The molecular formula is C26H27NO7. The molecule has 34 heavy (non-hydrogen) atoms. The fourth-order valence-electron chi connectivity index (χ4n) is 4.69. The number of nitrogens with one attached hydrogen (secondary N) is 1. The molecule has 8 nitrogen and oxygen atoms in total. The summed E-state index contributed by atoms with van der Waals surface area (Å²) in [5, 5.41) is 24.5. The maximum Gasteiger partial charge on any atom is 0.194 e. The van der Waals surface area contributed by atoms with Crippen molar-refractivity contribution in [3.63, 3.8) is 0 Å². The first-order chi connectivity index (χ1) is 16.0. The molecule has 8 heteroatoms. The van der Waals surface area contributed by atoms with Crippen LogP contribution in [0.4, 0.5) is 0 Å². The number of Topliss-reactive ketones (excluding diaryl/α,β-unsaturated/α-hetero) is 2. The minimum absolute atomic E-state index is 0.0164. The van der Waals surface area contributed by atoms with E-state index < -0.39 is 28.5 Å². The fourth-order valence-corrected chi connectivity index (χ4v) is 4.69. The van der Waals surface area contributed by atoms with Gasteiger partial charge in [0.1, 0.15) is 39.7 Å². The third kappa shape index (κ3) is 3.41. The highest BCUT2D eigenvalue weighted by atomic mass is 16.5. The summed E-state index contributed by atoms with van der Waals surface area (Å²) >= 11 is 0. The second-order valence-corrected chi connectivity index (χ2v) is 9.05. The predicted octanol–water partition coefficient (Wildman–Crippen LogP) is 3.77. The normalized spacial score (nSPS) is 21.4. The van der Waals surface area contributed by atoms with Crippen LogP contribution in [0, 0.1) is 6.92 Å². The van der Waals surface area contributed by atoms with Gasteiger partial charge in [-0.3, -0.25) is 14.4 Å². The van der Waals surface area contributed by atoms with Crippen LogP contribution >= 0.6 is 0 Å². The molecule has 1 aliphatic carbocycles. The van der Waals surface area contributed by atoms with E-state index in [4.69, 9.17) is 9.15 Å². The summed E-state index contributed by atoms with van der Waals surface area (Å²) in [7, 11) is 0. The first-order valence-electron chi connectivity index (χ1n) is 11.1. The molecule has 0 spiro atoms. The van der Waals surface area contributed by atoms with E-state index in [1.54, 1.807) is 20.1 Å². The molecule has 0 amide bonds. The lowest BCUT2D eigenvalue weighted by Gasteiger charge is -2.29. The zero-order valence-electron chi connectivity index (χ0n) is 19.7. The van der Waals surface area contributed by atoms with Gasteiger partial charge in [-0.25, -0.2) is 0 Å². The fraction of sp³-hybridized carbons (Fsp3) is 0.346. The Morgan fingerprint density at radius 2 is 1.91 bits per heavy atom. The van der Waals surface area contributed by atoms with Crippen molar-refractivity contribution in [2.45, 2.75) is 58.9 Å². The summed E-state index contributed by atoms with van der Waals surface area (Å²) in [6.07, 6.45) is 4.23. The van der Waals surface area contributed by atoms with E-state index in [1.165, 1.54) is 19.9 Å². The monoisotopic (exact) mass is 465 g/mol. The van der Waals surface area contributed by atoms with Crippen LogP contribution in [0.25, 0.3) is 0 Å². The van der Waals surface area contributed by atoms with Crippen LogP contribution in [0.15, 0.2) is 45.9 Å². The minimum Gasteiger partial charge on any atom is -0.507 e. The molecule has 4 rings (SSSR count). The molecule has 2 aliphatic rings. The van der Waals surface area contributed by atoms with Gasteiger partial charge >= 0.3 is 0 Å². The van der Waals surface area contributed by atoms with Crippen LogP contribution in [0.3, 0.4) is 0 Å². The van der Waals surface area contributed by atoms with Crippen molar-refractivity contribution >= 4 is 17.3 Å². The number of carbonyl (C=O) groups is 3. The van der Waals surface area contributed by atoms with Crippen LogP contribution < -0.4 is 10.1 Å². The Morgan fingerprint density at radius 1 is 1.21 bits per heavy atom. The largest absolute Gasteiger partial charge is 0.507 e. The van der Waals surface area contributed by atoms with Gasteiger partial charge in [-0.15, -0.1) is 0 Å². The van der Waals surface area contributed by atoms with Crippen molar-refractivity contribution in [1.29, 1.82) is 0 Å². The topological polar surface area (TPSA) is 126 Å². The van der Waals surface area contributed by atoms with E-state index in [-0.39, 0.29) is 45.6 Å². The molecule has 1 aromatic carbocycles. The lowest BCUT2D eigenvalue weighted by Crippen LogP contribution is -2.41. The second kappa shape index (κ2) is 8.20. The SMILES string of the molecule is CC(=O)c1c(O)c(C)c(O)c2c1OC1=CC(=O)C(=C(C)NC(C)CCc3ccco3)C(=O)[C@@]12C. The van der Waals surface area contributed by atoms with Crippen LogP contribution in [0.2, 0.25) is 0 Å². The summed E-state index contributed by atoms with van der Waals surface area (Å²) in [5.74, 6) is -1.56. The van der Waals surface area contributed by atoms with Crippen LogP contribution in [0.5, 0.6) is 17.2 Å². The number of allylic oxidation sites excluding steroid dienone is 4. The molecule has 2 aromatic rings. The number of rotatable bonds is 6. The van der Waals surface area contributed by atoms with Gasteiger partial charge in [-0.05, 0) is 53.2 Å². The number of hydrogen-bond donors (Lipinski definition) is 3. The maximum atomic E-state index is 13.8. The Bertz CT molecular complexity index is 1280. The maximum absolute atomic E-state index is 13.8. The molecule has 1 unspecified atom stereocenters. The molecule has 0 saturated carbocycles. The average Bonchev–Trinajstić information content (AvgIpc) is 3.37. The van der Waals surface area contributed by atoms with Crippen molar-refractivity contribution in [2.24, 2.45) is 0 Å². The molecule has 1 aliphatic heterocycles. The number of benzene rings is 1. The van der Waals surface area contributed by atoms with E-state index >= 15 is 0 Å². The first-order valence-corrected chi connectivity index (χ1v) is 11.1. The van der Waals surface area contributed by atoms with Gasteiger partial charge in [0.05, 0.1) is 17.4 Å². The van der Waals surface area contributed by atoms with Gasteiger partial charge in [0.2, 0.25) is 0 Å². The van der Waals surface area contributed by atoms with Crippen molar-refractivity contribution in [3.05, 3.63) is 64.0 Å². The van der Waals surface area contributed by atoms with Crippen molar-refractivity contribution in [1.82, 2.24) is 5.32 Å². The first kappa shape index (κ1) is 23.4. The number of phenolic OH excluding ortho intramolecular Hbond substituents is 2. The highest BCUT2D eigenvalue weighted by molar-refractivity contribution is 6.31. The number of fused-ring (bicyclic) bond motifs is 3. The van der Waals surface area contributed by atoms with Gasteiger partial charge in [-0.2, -0.15) is 0 Å². The highest BCUT2D eigenvalue weighted by Gasteiger charge is 2.56. The van der Waals surface area contributed by atoms with Gasteiger partial charge in [0.25, 0.3) is 0 Å². The summed E-state index contributed by atoms with van der Waals surface area (Å²) in [5.41, 5.74) is -1.14. The molecule has 2 atom stereocenters. The standard InChI is InChI=1S/C26H27NO7/c1-12(8-9-16-7-6-10-33-16)27-14(3)19-17(29)11-18-26(5,25(19)32)21-23(31)13(2)22(30)20(15(4)28)24(21)34-18/h6-7,10-12,27,30-31H,8-9H2,1-5H3/t12?,26-/m0/s1. The Kier molecular flexibility index (Phi) is 5.63. The number of aryl methyl sites for hydroxylation is 1. The number of hydrogen-bond acceptors (Lipinski definition) is 8. The average molecular weight is 466 g/mol. The molecule has 0 saturated heterocycles. The number of carbonyl (C=O) groups excluding carboxylic acids is 3. The van der Waals surface area contributed by atoms with E-state index in [1.807, 2.05) is 19.1 Å². The molecule has 0 bridgehead atoms. The van der Waals surface area contributed by atoms with E-state index in [2.05, 4.69) is 5.32 Å². The molecule has 2 heterocycles. The van der Waals surface area contributed by atoms with Gasteiger partial charge in [0, 0.05) is 29.8 Å². The van der Waals surface area contributed by atoms with Crippen molar-refractivity contribution < 1.29 is 33.8 Å². The molecule has 178 valence electrons. The van der Waals surface area contributed by atoms with E-state index in [9.17, 15) is 24.6 Å². The molecule has 3 N–H and O–H groups in total. The van der Waals surface area contributed by atoms with Crippen LogP contribution in [-0.2, 0) is 21.4 Å². The predicted molar refractivity (Wildman–Crippen MR) is 123 cm³/mol. The summed E-state index contributed by atoms with van der Waals surface area (Å²) in [4.78, 5) is 39.0. The van der Waals surface area contributed by atoms with Crippen molar-refractivity contribution in [3.8, 4) is 17.2 Å². The molecule has 0 radical (unpaired) electrons. The second-order valence-electron chi connectivity index (χ2n) is 9.05. The summed E-state index contributed by atoms with van der Waals surface area (Å²) in [6.45, 7) is 7.86. The van der Waals surface area contributed by atoms with Crippen molar-refractivity contribution in [2.75, 3.05) is 0 Å². The Morgan fingerprint density at radius 3 is 2.53 bits per heavy atom. The number of ketones is 3. The lowest BCUT2D eigenvalue weighted by atomic mass is 9.70. The molecular weight excluding hydrogens is 438 g/mol. The third-order valence-corrected chi connectivity index (χ3v) is 6.63. The number of aromatic hydroxyl groups is 2. The Balaban J connectivity index is 1.74. The quantitative estimate of drug-likeness (QED) is 0.334. The zero-order chi connectivity index (χ0) is 24.9. The highest BCUT2D eigenvalue weighted by Crippen LogP contribution is 2.57. The Labute approximate surface area is 196 Å². The summed E-state index contributed by atoms with van der Waals surface area (Å²) in [6, 6.07) is 3.65. The van der Waals surface area contributed by atoms with E-state index in [0.717, 1.165) is 5.76 Å². The van der Waals surface area contributed by atoms with Gasteiger partial charge in [-0.1, -0.05) is 0 Å². The van der Waals surface area contributed by atoms with E-state index in [0.29, 0.717) is 18.5 Å². The molecule has 1 aromatic heterocycles. The van der Waals surface area contributed by atoms with Gasteiger partial charge in [0.15, 0.2) is 17.3 Å². The number of phenols is 2. The van der Waals surface area contributed by atoms with Crippen LogP contribution in [-0.4, -0.2) is 33.6 Å². The smallest absolute Gasteiger partial charge is 0.194 e. The lowest BCUT2D eigenvalue weighted by molar-refractivity contribution is -0.123. The number of ether oxygens (including phenoxy) is 1. The minimum atomic E-state index is -1.52. The van der Waals surface area contributed by atoms with Crippen LogP contribution in [0.1, 0.15) is 61.4 Å². The van der Waals surface area contributed by atoms with Gasteiger partial charge < -0.3 is 24.7 Å².